The lowest BCUT2D eigenvalue weighted by molar-refractivity contribution is 0.602. The lowest BCUT2D eigenvalue weighted by Gasteiger charge is -2.07. The van der Waals surface area contributed by atoms with Crippen molar-refractivity contribution in [2.45, 2.75) is 4.90 Å². The molecule has 4 nitrogen and oxygen atoms in total. The van der Waals surface area contributed by atoms with Gasteiger partial charge in [0, 0.05) is 36.5 Å². The first kappa shape index (κ1) is 11.9. The molecule has 0 bridgehead atoms. The molecule has 0 aliphatic rings. The molecular formula is C14H11N2O2S. The third-order valence-corrected chi connectivity index (χ3v) is 4.05. The summed E-state index contributed by atoms with van der Waals surface area (Å²) < 4.78 is 25.4. The Morgan fingerprint density at radius 2 is 1.95 bits per heavy atom. The predicted molar refractivity (Wildman–Crippen MR) is 72.6 cm³/mol. The van der Waals surface area contributed by atoms with E-state index >= 15 is 0 Å². The maximum Gasteiger partial charge on any atom is 0.176 e. The summed E-state index contributed by atoms with van der Waals surface area (Å²) in [6.07, 6.45) is 6.54. The third-order valence-electron chi connectivity index (χ3n) is 2.89. The summed E-state index contributed by atoms with van der Waals surface area (Å²) in [5, 5.41) is 0. The van der Waals surface area contributed by atoms with Crippen molar-refractivity contribution in [1.29, 1.82) is 0 Å². The average Bonchev–Trinajstić information content (AvgIpc) is 2.85. The van der Waals surface area contributed by atoms with Crippen LogP contribution >= 0.6 is 0 Å². The molecule has 0 aliphatic carbocycles. The first-order chi connectivity index (χ1) is 9.05. The maximum absolute atomic E-state index is 11.8. The van der Waals surface area contributed by atoms with Crippen molar-refractivity contribution in [3.8, 4) is 11.1 Å². The van der Waals surface area contributed by atoms with Gasteiger partial charge in [-0.1, -0.05) is 18.2 Å². The number of fused-ring (bicyclic) bond motifs is 1. The zero-order chi connectivity index (χ0) is 13.5. The number of hydrogen-bond acceptors (Lipinski definition) is 3. The molecule has 2 heterocycles. The molecule has 0 atom stereocenters. The summed E-state index contributed by atoms with van der Waals surface area (Å²) in [5.74, 6) is 0. The topological polar surface area (TPSA) is 51.4 Å². The highest BCUT2D eigenvalue weighted by atomic mass is 32.2. The molecule has 0 unspecified atom stereocenters. The van der Waals surface area contributed by atoms with Gasteiger partial charge < -0.3 is 4.40 Å². The summed E-state index contributed by atoms with van der Waals surface area (Å²) in [4.78, 5) is 4.46. The molecule has 2 aromatic heterocycles. The molecule has 0 amide bonds. The number of nitrogens with zero attached hydrogens (tertiary/aromatic N) is 2. The molecule has 19 heavy (non-hydrogen) atoms. The second kappa shape index (κ2) is 4.20. The van der Waals surface area contributed by atoms with Gasteiger partial charge in [0.15, 0.2) is 9.84 Å². The molecule has 0 spiro atoms. The number of imidazole rings is 1. The standard InChI is InChI=1S/C14H11N2O2S/c1-19(17,18)13-5-3-2-4-12(13)11-6-8-16-9-7-15-14(16)10-11/h2-9H,1H3. The molecule has 1 radical (unpaired) electrons. The van der Waals surface area contributed by atoms with Crippen LogP contribution in [0, 0.1) is 6.07 Å². The predicted octanol–water partition coefficient (Wildman–Crippen LogP) is 2.20. The van der Waals surface area contributed by atoms with Crippen molar-refractivity contribution >= 4 is 15.5 Å². The van der Waals surface area contributed by atoms with Gasteiger partial charge in [-0.05, 0) is 17.7 Å². The Hall–Kier alpha value is -2.14. The van der Waals surface area contributed by atoms with Gasteiger partial charge >= 0.3 is 0 Å². The van der Waals surface area contributed by atoms with E-state index in [1.807, 2.05) is 28.9 Å². The Morgan fingerprint density at radius 3 is 2.74 bits per heavy atom. The fourth-order valence-electron chi connectivity index (χ4n) is 2.02. The zero-order valence-electron chi connectivity index (χ0n) is 10.2. The van der Waals surface area contributed by atoms with Crippen LogP contribution < -0.4 is 0 Å². The maximum atomic E-state index is 11.8. The first-order valence-corrected chi connectivity index (χ1v) is 7.59. The Morgan fingerprint density at radius 1 is 1.16 bits per heavy atom. The molecular weight excluding hydrogens is 260 g/mol. The second-order valence-electron chi connectivity index (χ2n) is 4.28. The smallest absolute Gasteiger partial charge is 0.176 e. The van der Waals surface area contributed by atoms with E-state index in [-0.39, 0.29) is 0 Å². The lowest BCUT2D eigenvalue weighted by atomic mass is 10.1. The van der Waals surface area contributed by atoms with E-state index in [1.54, 1.807) is 24.4 Å². The van der Waals surface area contributed by atoms with Crippen LogP contribution in [-0.2, 0) is 9.84 Å². The van der Waals surface area contributed by atoms with Crippen molar-refractivity contribution in [3.05, 3.63) is 55.0 Å². The molecule has 5 heteroatoms. The fraction of sp³-hybridized carbons (Fsp3) is 0.0714. The van der Waals surface area contributed by atoms with E-state index < -0.39 is 9.84 Å². The van der Waals surface area contributed by atoms with Crippen molar-refractivity contribution in [3.63, 3.8) is 0 Å². The monoisotopic (exact) mass is 271 g/mol. The van der Waals surface area contributed by atoms with Crippen molar-refractivity contribution in [2.75, 3.05) is 6.26 Å². The van der Waals surface area contributed by atoms with Gasteiger partial charge in [0.25, 0.3) is 0 Å². The van der Waals surface area contributed by atoms with Crippen LogP contribution in [0.3, 0.4) is 0 Å². The Labute approximate surface area is 111 Å². The van der Waals surface area contributed by atoms with Crippen LogP contribution in [0.1, 0.15) is 0 Å². The summed E-state index contributed by atoms with van der Waals surface area (Å²) in [6.45, 7) is 0. The van der Waals surface area contributed by atoms with Gasteiger partial charge in [-0.3, -0.25) is 0 Å². The molecule has 0 saturated heterocycles. The van der Waals surface area contributed by atoms with Crippen LogP contribution in [0.2, 0.25) is 0 Å². The molecule has 3 aromatic rings. The largest absolute Gasteiger partial charge is 0.307 e. The number of benzene rings is 1. The molecule has 1 aromatic carbocycles. The molecule has 0 fully saturated rings. The number of rotatable bonds is 2. The first-order valence-electron chi connectivity index (χ1n) is 5.70. The summed E-state index contributed by atoms with van der Waals surface area (Å²) >= 11 is 0. The highest BCUT2D eigenvalue weighted by Gasteiger charge is 2.14. The minimum Gasteiger partial charge on any atom is -0.307 e. The highest BCUT2D eigenvalue weighted by Crippen LogP contribution is 2.27. The normalized spacial score (nSPS) is 11.8. The van der Waals surface area contributed by atoms with Crippen LogP contribution in [0.5, 0.6) is 0 Å². The van der Waals surface area contributed by atoms with Crippen LogP contribution in [-0.4, -0.2) is 24.1 Å². The average molecular weight is 271 g/mol. The third kappa shape index (κ3) is 2.13. The van der Waals surface area contributed by atoms with Gasteiger partial charge in [-0.2, -0.15) is 0 Å². The minimum atomic E-state index is -3.27. The minimum absolute atomic E-state index is 0.308. The molecule has 95 valence electrons. The molecule has 3 rings (SSSR count). The number of pyridine rings is 1. The quantitative estimate of drug-likeness (QED) is 0.718. The Kier molecular flexibility index (Phi) is 2.64. The van der Waals surface area contributed by atoms with Gasteiger partial charge in [-0.25, -0.2) is 13.4 Å². The number of hydrogen-bond donors (Lipinski definition) is 0. The van der Waals surface area contributed by atoms with Crippen LogP contribution in [0.25, 0.3) is 16.8 Å². The van der Waals surface area contributed by atoms with E-state index in [2.05, 4.69) is 11.1 Å². The van der Waals surface area contributed by atoms with E-state index in [1.165, 1.54) is 6.26 Å². The zero-order valence-corrected chi connectivity index (χ0v) is 11.1. The van der Waals surface area contributed by atoms with E-state index in [0.29, 0.717) is 16.1 Å². The van der Waals surface area contributed by atoms with Crippen LogP contribution in [0.4, 0.5) is 0 Å². The van der Waals surface area contributed by atoms with Crippen molar-refractivity contribution < 1.29 is 8.42 Å². The summed E-state index contributed by atoms with van der Waals surface area (Å²) in [7, 11) is -3.27. The molecule has 0 aliphatic heterocycles. The van der Waals surface area contributed by atoms with Crippen molar-refractivity contribution in [2.24, 2.45) is 0 Å². The summed E-state index contributed by atoms with van der Waals surface area (Å²) in [5.41, 5.74) is 2.04. The van der Waals surface area contributed by atoms with Crippen molar-refractivity contribution in [1.82, 2.24) is 9.38 Å². The van der Waals surface area contributed by atoms with E-state index in [9.17, 15) is 8.42 Å². The number of sulfone groups is 1. The van der Waals surface area contributed by atoms with Gasteiger partial charge in [0.05, 0.1) is 4.90 Å². The van der Waals surface area contributed by atoms with Gasteiger partial charge in [-0.15, -0.1) is 0 Å². The SMILES string of the molecule is CS(=O)(=O)c1ccccc1-c1[c]c2nccn2cc1. The Bertz CT molecular complexity index is 851. The van der Waals surface area contributed by atoms with E-state index in [0.717, 1.165) is 5.56 Å². The van der Waals surface area contributed by atoms with Crippen LogP contribution in [0.15, 0.2) is 53.8 Å². The van der Waals surface area contributed by atoms with Gasteiger partial charge in [0.1, 0.15) is 5.65 Å². The lowest BCUT2D eigenvalue weighted by Crippen LogP contribution is -2.00. The second-order valence-corrected chi connectivity index (χ2v) is 6.27. The number of aromatic nitrogens is 2. The fourth-order valence-corrected chi connectivity index (χ4v) is 2.92. The molecule has 0 saturated carbocycles. The molecule has 0 N–H and O–H groups in total. The highest BCUT2D eigenvalue weighted by molar-refractivity contribution is 7.90. The van der Waals surface area contributed by atoms with E-state index in [4.69, 9.17) is 0 Å². The van der Waals surface area contributed by atoms with Gasteiger partial charge in [0.2, 0.25) is 0 Å². The Balaban J connectivity index is 2.27. The summed E-state index contributed by atoms with van der Waals surface area (Å²) in [6, 6.07) is 11.9.